The third-order valence-corrected chi connectivity index (χ3v) is 4.51. The second kappa shape index (κ2) is 6.62. The lowest BCUT2D eigenvalue weighted by molar-refractivity contribution is 0.292. The third-order valence-electron chi connectivity index (χ3n) is 3.59. The van der Waals surface area contributed by atoms with E-state index in [-0.39, 0.29) is 6.04 Å². The van der Waals surface area contributed by atoms with Crippen molar-refractivity contribution in [3.8, 4) is 5.75 Å². The largest absolute Gasteiger partial charge is 0.487 e. The van der Waals surface area contributed by atoms with Gasteiger partial charge in [-0.3, -0.25) is 4.68 Å². The third kappa shape index (κ3) is 3.47. The first-order valence-corrected chi connectivity index (χ1v) is 7.92. The Kier molecular flexibility index (Phi) is 5.06. The molecule has 0 aliphatic heterocycles. The summed E-state index contributed by atoms with van der Waals surface area (Å²) in [6.07, 6.45) is 0.899. The molecular formula is C16H22BrN3O. The first-order chi connectivity index (χ1) is 9.93. The summed E-state index contributed by atoms with van der Waals surface area (Å²) in [5.41, 5.74) is 10.2. The van der Waals surface area contributed by atoms with E-state index in [1.54, 1.807) is 0 Å². The summed E-state index contributed by atoms with van der Waals surface area (Å²) in [6.45, 7) is 6.60. The summed E-state index contributed by atoms with van der Waals surface area (Å²) in [6, 6.07) is 6.12. The number of hydrogen-bond donors (Lipinski definition) is 1. The van der Waals surface area contributed by atoms with Crippen molar-refractivity contribution in [2.75, 3.05) is 0 Å². The van der Waals surface area contributed by atoms with Gasteiger partial charge in [-0.25, -0.2) is 0 Å². The van der Waals surface area contributed by atoms with Gasteiger partial charge in [-0.15, -0.1) is 0 Å². The maximum atomic E-state index is 5.95. The van der Waals surface area contributed by atoms with Crippen LogP contribution in [-0.4, -0.2) is 9.78 Å². The van der Waals surface area contributed by atoms with Crippen LogP contribution in [0.15, 0.2) is 22.7 Å². The summed E-state index contributed by atoms with van der Waals surface area (Å²) in [5, 5.41) is 4.47. The van der Waals surface area contributed by atoms with Gasteiger partial charge in [0, 0.05) is 13.1 Å². The Labute approximate surface area is 134 Å². The smallest absolute Gasteiger partial charge is 0.131 e. The lowest BCUT2D eigenvalue weighted by Crippen LogP contribution is -2.07. The Morgan fingerprint density at radius 2 is 2.14 bits per heavy atom. The van der Waals surface area contributed by atoms with Crippen LogP contribution in [0.25, 0.3) is 0 Å². The van der Waals surface area contributed by atoms with Gasteiger partial charge < -0.3 is 10.5 Å². The van der Waals surface area contributed by atoms with Crippen LogP contribution < -0.4 is 10.5 Å². The van der Waals surface area contributed by atoms with Crippen LogP contribution >= 0.6 is 15.9 Å². The number of hydrogen-bond acceptors (Lipinski definition) is 3. The fourth-order valence-electron chi connectivity index (χ4n) is 2.24. The first-order valence-electron chi connectivity index (χ1n) is 7.13. The zero-order valence-electron chi connectivity index (χ0n) is 13.0. The normalized spacial score (nSPS) is 12.5. The van der Waals surface area contributed by atoms with Gasteiger partial charge in [-0.1, -0.05) is 19.1 Å². The van der Waals surface area contributed by atoms with Crippen LogP contribution in [0.4, 0.5) is 0 Å². The van der Waals surface area contributed by atoms with E-state index in [1.165, 1.54) is 0 Å². The van der Waals surface area contributed by atoms with Gasteiger partial charge in [0.1, 0.15) is 12.4 Å². The highest BCUT2D eigenvalue weighted by Gasteiger charge is 2.13. The van der Waals surface area contributed by atoms with E-state index < -0.39 is 0 Å². The molecule has 0 aliphatic carbocycles. The number of benzene rings is 1. The molecule has 4 nitrogen and oxygen atoms in total. The van der Waals surface area contributed by atoms with Crippen LogP contribution in [0.5, 0.6) is 5.75 Å². The highest BCUT2D eigenvalue weighted by Crippen LogP contribution is 2.26. The molecule has 21 heavy (non-hydrogen) atoms. The summed E-state index contributed by atoms with van der Waals surface area (Å²) in [5.74, 6) is 0.880. The minimum atomic E-state index is 0.0380. The molecular weight excluding hydrogens is 330 g/mol. The SMILES string of the molecule is CCc1nn(C)c(COc2ccc([C@@H](C)N)cc2C)c1Br. The number of nitrogens with zero attached hydrogens (tertiary/aromatic N) is 2. The number of halogens is 1. The standard InChI is InChI=1S/C16H22BrN3O/c1-5-13-16(17)14(20(4)19-13)9-21-15-7-6-12(11(3)18)8-10(15)2/h6-8,11H,5,9,18H2,1-4H3/t11-/m1/s1. The number of ether oxygens (including phenoxy) is 1. The maximum absolute atomic E-state index is 5.95. The number of nitrogens with two attached hydrogens (primary N) is 1. The Morgan fingerprint density at radius 1 is 1.43 bits per heavy atom. The molecule has 0 spiro atoms. The highest BCUT2D eigenvalue weighted by atomic mass is 79.9. The molecule has 5 heteroatoms. The lowest BCUT2D eigenvalue weighted by Gasteiger charge is -2.12. The fourth-order valence-corrected chi connectivity index (χ4v) is 2.97. The zero-order valence-corrected chi connectivity index (χ0v) is 14.6. The first kappa shape index (κ1) is 16.0. The highest BCUT2D eigenvalue weighted by molar-refractivity contribution is 9.10. The topological polar surface area (TPSA) is 53.1 Å². The molecule has 2 aromatic rings. The van der Waals surface area contributed by atoms with E-state index in [0.717, 1.165) is 39.2 Å². The number of rotatable bonds is 5. The molecule has 0 radical (unpaired) electrons. The zero-order chi connectivity index (χ0) is 15.6. The molecule has 0 bridgehead atoms. The van der Waals surface area contributed by atoms with E-state index in [4.69, 9.17) is 10.5 Å². The van der Waals surface area contributed by atoms with Crippen LogP contribution in [0.3, 0.4) is 0 Å². The Balaban J connectivity index is 2.15. The van der Waals surface area contributed by atoms with Crippen molar-refractivity contribution in [2.45, 2.75) is 39.8 Å². The number of aryl methyl sites for hydroxylation is 3. The van der Waals surface area contributed by atoms with Crippen molar-refractivity contribution in [3.63, 3.8) is 0 Å². The molecule has 2 N–H and O–H groups in total. The van der Waals surface area contributed by atoms with Gasteiger partial charge in [0.2, 0.25) is 0 Å². The fraction of sp³-hybridized carbons (Fsp3) is 0.438. The lowest BCUT2D eigenvalue weighted by atomic mass is 10.1. The van der Waals surface area contributed by atoms with E-state index in [2.05, 4.69) is 34.0 Å². The summed E-state index contributed by atoms with van der Waals surface area (Å²) >= 11 is 3.61. The molecule has 0 saturated heterocycles. The molecule has 1 heterocycles. The molecule has 0 unspecified atom stereocenters. The molecule has 0 fully saturated rings. The minimum absolute atomic E-state index is 0.0380. The van der Waals surface area contributed by atoms with Gasteiger partial charge in [-0.05, 0) is 53.4 Å². The molecule has 1 atom stereocenters. The monoisotopic (exact) mass is 351 g/mol. The van der Waals surface area contributed by atoms with E-state index >= 15 is 0 Å². The van der Waals surface area contributed by atoms with Crippen LogP contribution in [-0.2, 0) is 20.1 Å². The number of aromatic nitrogens is 2. The molecule has 0 amide bonds. The second-order valence-electron chi connectivity index (χ2n) is 5.29. The summed E-state index contributed by atoms with van der Waals surface area (Å²) in [7, 11) is 1.94. The Hall–Kier alpha value is -1.33. The summed E-state index contributed by atoms with van der Waals surface area (Å²) in [4.78, 5) is 0. The van der Waals surface area contributed by atoms with Crippen LogP contribution in [0.1, 0.15) is 42.4 Å². The van der Waals surface area contributed by atoms with Crippen molar-refractivity contribution >= 4 is 15.9 Å². The van der Waals surface area contributed by atoms with E-state index in [0.29, 0.717) is 6.61 Å². The quantitative estimate of drug-likeness (QED) is 0.894. The van der Waals surface area contributed by atoms with Crippen molar-refractivity contribution in [1.29, 1.82) is 0 Å². The summed E-state index contributed by atoms with van der Waals surface area (Å²) < 4.78 is 8.85. The van der Waals surface area contributed by atoms with Gasteiger partial charge in [0.25, 0.3) is 0 Å². The van der Waals surface area contributed by atoms with Crippen molar-refractivity contribution < 1.29 is 4.74 Å². The van der Waals surface area contributed by atoms with Crippen molar-refractivity contribution in [3.05, 3.63) is 45.2 Å². The van der Waals surface area contributed by atoms with Gasteiger partial charge >= 0.3 is 0 Å². The minimum Gasteiger partial charge on any atom is -0.487 e. The van der Waals surface area contributed by atoms with Crippen LogP contribution in [0.2, 0.25) is 0 Å². The second-order valence-corrected chi connectivity index (χ2v) is 6.08. The molecule has 114 valence electrons. The van der Waals surface area contributed by atoms with Gasteiger partial charge in [-0.2, -0.15) is 5.10 Å². The predicted octanol–water partition coefficient (Wildman–Crippen LogP) is 3.65. The van der Waals surface area contributed by atoms with Crippen LogP contribution in [0, 0.1) is 6.92 Å². The molecule has 1 aromatic carbocycles. The average Bonchev–Trinajstić information content (AvgIpc) is 2.72. The van der Waals surface area contributed by atoms with Crippen molar-refractivity contribution in [1.82, 2.24) is 9.78 Å². The van der Waals surface area contributed by atoms with E-state index in [1.807, 2.05) is 37.7 Å². The average molecular weight is 352 g/mol. The van der Waals surface area contributed by atoms with Crippen molar-refractivity contribution in [2.24, 2.45) is 12.8 Å². The molecule has 0 aliphatic rings. The molecule has 0 saturated carbocycles. The molecule has 2 rings (SSSR count). The Morgan fingerprint density at radius 3 is 2.67 bits per heavy atom. The predicted molar refractivity (Wildman–Crippen MR) is 88.4 cm³/mol. The Bertz CT molecular complexity index is 635. The maximum Gasteiger partial charge on any atom is 0.131 e. The molecule has 1 aromatic heterocycles. The van der Waals surface area contributed by atoms with E-state index in [9.17, 15) is 0 Å². The van der Waals surface area contributed by atoms with Gasteiger partial charge in [0.05, 0.1) is 15.9 Å². The van der Waals surface area contributed by atoms with Gasteiger partial charge in [0.15, 0.2) is 0 Å².